The average Bonchev–Trinajstić information content (AvgIpc) is 2.19. The molecule has 0 radical (unpaired) electrons. The number of rotatable bonds is 1. The number of hydrogen-bond donors (Lipinski definition) is 1. The maximum absolute atomic E-state index is 4.02. The van der Waals surface area contributed by atoms with Gasteiger partial charge in [0, 0.05) is 43.6 Å². The monoisotopic (exact) mass is 178 g/mol. The summed E-state index contributed by atoms with van der Waals surface area (Å²) in [6, 6.07) is 0.389. The quantitative estimate of drug-likeness (QED) is 0.660. The predicted octanol–water partition coefficient (Wildman–Crippen LogP) is 0.0527. The van der Waals surface area contributed by atoms with Crippen molar-refractivity contribution in [3.05, 3.63) is 24.3 Å². The molecule has 1 aliphatic heterocycles. The molecule has 70 valence electrons. The third kappa shape index (κ3) is 2.02. The molecule has 13 heavy (non-hydrogen) atoms. The standard InChI is InChI=1S/C9H14N4/c1-13-3-2-12-9(6-13)8-4-10-7-11-5-8/h4-5,7,9,12H,2-3,6H2,1H3. The molecule has 1 aliphatic rings. The lowest BCUT2D eigenvalue weighted by Gasteiger charge is -2.30. The minimum atomic E-state index is 0.389. The summed E-state index contributed by atoms with van der Waals surface area (Å²) in [7, 11) is 2.14. The second kappa shape index (κ2) is 3.81. The molecule has 0 aromatic carbocycles. The summed E-state index contributed by atoms with van der Waals surface area (Å²) in [6.45, 7) is 3.19. The van der Waals surface area contributed by atoms with Crippen molar-refractivity contribution in [2.45, 2.75) is 6.04 Å². The summed E-state index contributed by atoms with van der Waals surface area (Å²) >= 11 is 0. The van der Waals surface area contributed by atoms with E-state index in [9.17, 15) is 0 Å². The summed E-state index contributed by atoms with van der Waals surface area (Å²) in [5.74, 6) is 0. The average molecular weight is 178 g/mol. The van der Waals surface area contributed by atoms with Gasteiger partial charge in [0.25, 0.3) is 0 Å². The highest BCUT2D eigenvalue weighted by Crippen LogP contribution is 2.13. The van der Waals surface area contributed by atoms with Gasteiger partial charge in [-0.15, -0.1) is 0 Å². The minimum Gasteiger partial charge on any atom is -0.307 e. The molecule has 2 rings (SSSR count). The lowest BCUT2D eigenvalue weighted by Crippen LogP contribution is -2.43. The second-order valence-corrected chi connectivity index (χ2v) is 3.44. The highest BCUT2D eigenvalue weighted by Gasteiger charge is 2.17. The lowest BCUT2D eigenvalue weighted by atomic mass is 10.1. The zero-order valence-electron chi connectivity index (χ0n) is 7.77. The first-order valence-corrected chi connectivity index (χ1v) is 4.53. The minimum absolute atomic E-state index is 0.389. The molecule has 4 heteroatoms. The molecule has 1 aromatic heterocycles. The molecule has 1 fully saturated rings. The Hall–Kier alpha value is -1.00. The second-order valence-electron chi connectivity index (χ2n) is 3.44. The van der Waals surface area contributed by atoms with Crippen molar-refractivity contribution >= 4 is 0 Å². The van der Waals surface area contributed by atoms with E-state index < -0.39 is 0 Å². The SMILES string of the molecule is CN1CCNC(c2cncnc2)C1. The van der Waals surface area contributed by atoms with Gasteiger partial charge in [-0.05, 0) is 7.05 Å². The van der Waals surface area contributed by atoms with Gasteiger partial charge in [-0.3, -0.25) is 0 Å². The number of aromatic nitrogens is 2. The van der Waals surface area contributed by atoms with Gasteiger partial charge in [-0.1, -0.05) is 0 Å². The van der Waals surface area contributed by atoms with Gasteiger partial charge in [0.15, 0.2) is 0 Å². The van der Waals surface area contributed by atoms with Crippen LogP contribution in [0.25, 0.3) is 0 Å². The molecular weight excluding hydrogens is 164 g/mol. The summed E-state index contributed by atoms with van der Waals surface area (Å²) < 4.78 is 0. The van der Waals surface area contributed by atoms with E-state index in [-0.39, 0.29) is 0 Å². The summed E-state index contributed by atoms with van der Waals surface area (Å²) in [6.07, 6.45) is 5.32. The van der Waals surface area contributed by atoms with E-state index in [2.05, 4.69) is 27.2 Å². The van der Waals surface area contributed by atoms with E-state index in [1.54, 1.807) is 6.33 Å². The number of piperazine rings is 1. The first-order valence-electron chi connectivity index (χ1n) is 4.53. The first kappa shape index (κ1) is 8.59. The van der Waals surface area contributed by atoms with Gasteiger partial charge in [0.1, 0.15) is 6.33 Å². The third-order valence-electron chi connectivity index (χ3n) is 2.36. The van der Waals surface area contributed by atoms with Gasteiger partial charge in [0.05, 0.1) is 0 Å². The molecule has 0 saturated carbocycles. The fraction of sp³-hybridized carbons (Fsp3) is 0.556. The Morgan fingerprint density at radius 2 is 2.23 bits per heavy atom. The molecule has 0 bridgehead atoms. The molecule has 1 saturated heterocycles. The number of nitrogens with one attached hydrogen (secondary N) is 1. The first-order chi connectivity index (χ1) is 6.36. The van der Waals surface area contributed by atoms with E-state index >= 15 is 0 Å². The smallest absolute Gasteiger partial charge is 0.115 e. The Balaban J connectivity index is 2.08. The third-order valence-corrected chi connectivity index (χ3v) is 2.36. The van der Waals surface area contributed by atoms with E-state index in [0.717, 1.165) is 19.6 Å². The molecule has 1 unspecified atom stereocenters. The maximum Gasteiger partial charge on any atom is 0.115 e. The Labute approximate surface area is 78.0 Å². The molecule has 0 aliphatic carbocycles. The maximum atomic E-state index is 4.02. The zero-order chi connectivity index (χ0) is 9.10. The highest BCUT2D eigenvalue weighted by molar-refractivity contribution is 5.10. The zero-order valence-corrected chi connectivity index (χ0v) is 7.77. The summed E-state index contributed by atoms with van der Waals surface area (Å²) in [5, 5.41) is 3.44. The van der Waals surface area contributed by atoms with Crippen LogP contribution < -0.4 is 5.32 Å². The van der Waals surface area contributed by atoms with E-state index in [1.165, 1.54) is 5.56 Å². The van der Waals surface area contributed by atoms with Crippen LogP contribution in [0, 0.1) is 0 Å². The Kier molecular flexibility index (Phi) is 2.52. The van der Waals surface area contributed by atoms with Crippen LogP contribution in [0.15, 0.2) is 18.7 Å². The van der Waals surface area contributed by atoms with Crippen LogP contribution in [0.4, 0.5) is 0 Å². The normalized spacial score (nSPS) is 24.5. The molecule has 1 N–H and O–H groups in total. The van der Waals surface area contributed by atoms with Crippen LogP contribution in [-0.2, 0) is 0 Å². The van der Waals surface area contributed by atoms with Gasteiger partial charge in [-0.25, -0.2) is 9.97 Å². The number of likely N-dealkylation sites (N-methyl/N-ethyl adjacent to an activating group) is 1. The largest absolute Gasteiger partial charge is 0.307 e. The summed E-state index contributed by atoms with van der Waals surface area (Å²) in [4.78, 5) is 10.3. The molecule has 1 aromatic rings. The number of hydrogen-bond acceptors (Lipinski definition) is 4. The van der Waals surface area contributed by atoms with E-state index in [4.69, 9.17) is 0 Å². The number of nitrogens with zero attached hydrogens (tertiary/aromatic N) is 3. The fourth-order valence-corrected chi connectivity index (χ4v) is 1.61. The highest BCUT2D eigenvalue weighted by atomic mass is 15.2. The van der Waals surface area contributed by atoms with Gasteiger partial charge in [0.2, 0.25) is 0 Å². The van der Waals surface area contributed by atoms with Crippen molar-refractivity contribution in [2.75, 3.05) is 26.7 Å². The van der Waals surface area contributed by atoms with Crippen molar-refractivity contribution in [3.63, 3.8) is 0 Å². The molecule has 0 spiro atoms. The van der Waals surface area contributed by atoms with Gasteiger partial charge in [-0.2, -0.15) is 0 Å². The van der Waals surface area contributed by atoms with Crippen molar-refractivity contribution < 1.29 is 0 Å². The van der Waals surface area contributed by atoms with E-state index in [1.807, 2.05) is 12.4 Å². The van der Waals surface area contributed by atoms with E-state index in [0.29, 0.717) is 6.04 Å². The molecule has 4 nitrogen and oxygen atoms in total. The van der Waals surface area contributed by atoms with Gasteiger partial charge < -0.3 is 10.2 Å². The van der Waals surface area contributed by atoms with Crippen LogP contribution in [0.2, 0.25) is 0 Å². The van der Waals surface area contributed by atoms with Crippen LogP contribution >= 0.6 is 0 Å². The van der Waals surface area contributed by atoms with Crippen LogP contribution in [-0.4, -0.2) is 41.5 Å². The van der Waals surface area contributed by atoms with Crippen molar-refractivity contribution in [1.29, 1.82) is 0 Å². The van der Waals surface area contributed by atoms with Crippen LogP contribution in [0.1, 0.15) is 11.6 Å². The van der Waals surface area contributed by atoms with Crippen LogP contribution in [0.5, 0.6) is 0 Å². The molecule has 2 heterocycles. The molecule has 0 amide bonds. The predicted molar refractivity (Wildman–Crippen MR) is 50.3 cm³/mol. The Morgan fingerprint density at radius 3 is 2.92 bits per heavy atom. The molecular formula is C9H14N4. The van der Waals surface area contributed by atoms with Crippen molar-refractivity contribution in [2.24, 2.45) is 0 Å². The van der Waals surface area contributed by atoms with Crippen LogP contribution in [0.3, 0.4) is 0 Å². The van der Waals surface area contributed by atoms with Crippen molar-refractivity contribution in [3.8, 4) is 0 Å². The molecule has 1 atom stereocenters. The van der Waals surface area contributed by atoms with Crippen molar-refractivity contribution in [1.82, 2.24) is 20.2 Å². The lowest BCUT2D eigenvalue weighted by molar-refractivity contribution is 0.240. The Bertz CT molecular complexity index is 262. The fourth-order valence-electron chi connectivity index (χ4n) is 1.61. The Morgan fingerprint density at radius 1 is 1.46 bits per heavy atom. The van der Waals surface area contributed by atoms with Gasteiger partial charge >= 0.3 is 0 Å². The summed E-state index contributed by atoms with van der Waals surface area (Å²) in [5.41, 5.74) is 1.18. The topological polar surface area (TPSA) is 41.0 Å².